The summed E-state index contributed by atoms with van der Waals surface area (Å²) < 4.78 is 5.44. The molecular formula is C22H23ClN2O5. The average molecular weight is 431 g/mol. The van der Waals surface area contributed by atoms with Crippen molar-refractivity contribution in [3.8, 4) is 11.5 Å². The van der Waals surface area contributed by atoms with Gasteiger partial charge < -0.3 is 24.7 Å². The number of methoxy groups -OCH3 is 1. The highest BCUT2D eigenvalue weighted by molar-refractivity contribution is 6.46. The number of Topliss-reactive ketones (excluding diaryl/α,β-unsaturated/α-hetero) is 1. The summed E-state index contributed by atoms with van der Waals surface area (Å²) in [6.07, 6.45) is 0. The molecule has 0 radical (unpaired) electrons. The fourth-order valence-corrected chi connectivity index (χ4v) is 3.65. The molecule has 2 aromatic carbocycles. The van der Waals surface area contributed by atoms with Crippen molar-refractivity contribution < 1.29 is 24.5 Å². The Kier molecular flexibility index (Phi) is 6.34. The van der Waals surface area contributed by atoms with E-state index < -0.39 is 23.5 Å². The van der Waals surface area contributed by atoms with Crippen LogP contribution in [-0.2, 0) is 9.59 Å². The Morgan fingerprint density at radius 1 is 1.20 bits per heavy atom. The lowest BCUT2D eigenvalue weighted by molar-refractivity contribution is -0.140. The summed E-state index contributed by atoms with van der Waals surface area (Å²) in [5, 5.41) is 21.5. The quantitative estimate of drug-likeness (QED) is 0.416. The standard InChI is InChI=1S/C22H23ClN2O5/c1-24(2)10-11-25-19(14-6-4-5-7-17(14)30-3)18(21(28)22(25)29)20(27)15-12-13(23)8-9-16(15)26/h4-9,12,19,26-27H,10-11H2,1-3H3/t19-/m1/s1. The lowest BCUT2D eigenvalue weighted by Crippen LogP contribution is -2.35. The van der Waals surface area contributed by atoms with Crippen molar-refractivity contribution in [3.05, 3.63) is 64.2 Å². The van der Waals surface area contributed by atoms with E-state index in [4.69, 9.17) is 16.3 Å². The van der Waals surface area contributed by atoms with Crippen LogP contribution in [0, 0.1) is 0 Å². The molecule has 0 spiro atoms. The second kappa shape index (κ2) is 8.77. The van der Waals surface area contributed by atoms with Crippen LogP contribution in [0.1, 0.15) is 17.2 Å². The first kappa shape index (κ1) is 21.7. The zero-order valence-corrected chi connectivity index (χ0v) is 17.7. The first-order valence-electron chi connectivity index (χ1n) is 9.31. The molecule has 0 saturated carbocycles. The number of hydrogen-bond acceptors (Lipinski definition) is 6. The summed E-state index contributed by atoms with van der Waals surface area (Å²) in [4.78, 5) is 29.2. The number of ether oxygens (including phenoxy) is 1. The van der Waals surface area contributed by atoms with Crippen LogP contribution < -0.4 is 4.74 Å². The molecule has 0 aliphatic carbocycles. The highest BCUT2D eigenvalue weighted by Crippen LogP contribution is 2.43. The van der Waals surface area contributed by atoms with Crippen molar-refractivity contribution in [3.63, 3.8) is 0 Å². The van der Waals surface area contributed by atoms with E-state index in [1.165, 1.54) is 30.2 Å². The van der Waals surface area contributed by atoms with Gasteiger partial charge in [0.25, 0.3) is 11.7 Å². The summed E-state index contributed by atoms with van der Waals surface area (Å²) in [5.41, 5.74) is 0.412. The molecule has 158 valence electrons. The number of aliphatic hydroxyl groups excluding tert-OH is 1. The Morgan fingerprint density at radius 2 is 1.90 bits per heavy atom. The molecule has 0 unspecified atom stereocenters. The van der Waals surface area contributed by atoms with Crippen molar-refractivity contribution in [2.24, 2.45) is 0 Å². The van der Waals surface area contributed by atoms with Crippen LogP contribution in [0.25, 0.3) is 5.76 Å². The number of rotatable bonds is 6. The van der Waals surface area contributed by atoms with Crippen molar-refractivity contribution >= 4 is 29.1 Å². The Labute approximate surface area is 179 Å². The number of para-hydroxylation sites is 1. The second-order valence-electron chi connectivity index (χ2n) is 7.20. The predicted octanol–water partition coefficient (Wildman–Crippen LogP) is 3.04. The van der Waals surface area contributed by atoms with E-state index in [1.54, 1.807) is 24.3 Å². The number of ketones is 1. The van der Waals surface area contributed by atoms with E-state index in [-0.39, 0.29) is 28.5 Å². The topological polar surface area (TPSA) is 90.3 Å². The van der Waals surface area contributed by atoms with Gasteiger partial charge in [0.15, 0.2) is 0 Å². The van der Waals surface area contributed by atoms with Gasteiger partial charge in [-0.15, -0.1) is 0 Å². The minimum Gasteiger partial charge on any atom is -0.507 e. The largest absolute Gasteiger partial charge is 0.507 e. The molecular weight excluding hydrogens is 408 g/mol. The van der Waals surface area contributed by atoms with E-state index in [2.05, 4.69) is 0 Å². The minimum atomic E-state index is -0.875. The maximum absolute atomic E-state index is 13.0. The van der Waals surface area contributed by atoms with E-state index in [9.17, 15) is 19.8 Å². The third-order valence-electron chi connectivity index (χ3n) is 4.98. The third kappa shape index (κ3) is 3.99. The van der Waals surface area contributed by atoms with Crippen molar-refractivity contribution in [1.29, 1.82) is 0 Å². The summed E-state index contributed by atoms with van der Waals surface area (Å²) in [6, 6.07) is 10.2. The summed E-state index contributed by atoms with van der Waals surface area (Å²) in [7, 11) is 5.21. The number of nitrogens with zero attached hydrogens (tertiary/aromatic N) is 2. The molecule has 0 aromatic heterocycles. The zero-order valence-electron chi connectivity index (χ0n) is 16.9. The molecule has 0 bridgehead atoms. The number of carbonyl (C=O) groups is 2. The minimum absolute atomic E-state index is 0.0204. The van der Waals surface area contributed by atoms with Gasteiger partial charge in [-0.05, 0) is 38.4 Å². The molecule has 1 aliphatic heterocycles. The number of hydrogen-bond donors (Lipinski definition) is 2. The molecule has 7 nitrogen and oxygen atoms in total. The monoisotopic (exact) mass is 430 g/mol. The Hall–Kier alpha value is -3.03. The number of amides is 1. The summed E-state index contributed by atoms with van der Waals surface area (Å²) in [6.45, 7) is 0.778. The first-order chi connectivity index (χ1) is 14.3. The lowest BCUT2D eigenvalue weighted by Gasteiger charge is -2.27. The maximum Gasteiger partial charge on any atom is 0.295 e. The maximum atomic E-state index is 13.0. The lowest BCUT2D eigenvalue weighted by atomic mass is 9.94. The van der Waals surface area contributed by atoms with Gasteiger partial charge in [0.05, 0.1) is 24.3 Å². The SMILES string of the molecule is COc1ccccc1[C@@H]1C(=C(O)c2cc(Cl)ccc2O)C(=O)C(=O)N1CCN(C)C. The van der Waals surface area contributed by atoms with Crippen LogP contribution in [0.3, 0.4) is 0 Å². The normalized spacial score (nSPS) is 18.3. The van der Waals surface area contributed by atoms with Gasteiger partial charge in [-0.1, -0.05) is 29.8 Å². The van der Waals surface area contributed by atoms with Crippen molar-refractivity contribution in [2.75, 3.05) is 34.3 Å². The number of aromatic hydroxyl groups is 1. The fourth-order valence-electron chi connectivity index (χ4n) is 3.48. The highest BCUT2D eigenvalue weighted by Gasteiger charge is 2.47. The third-order valence-corrected chi connectivity index (χ3v) is 5.21. The van der Waals surface area contributed by atoms with Crippen LogP contribution in [0.2, 0.25) is 5.02 Å². The predicted molar refractivity (Wildman–Crippen MR) is 114 cm³/mol. The summed E-state index contributed by atoms with van der Waals surface area (Å²) >= 11 is 6.01. The van der Waals surface area contributed by atoms with Crippen LogP contribution in [0.5, 0.6) is 11.5 Å². The number of carbonyl (C=O) groups excluding carboxylic acids is 2. The molecule has 30 heavy (non-hydrogen) atoms. The van der Waals surface area contributed by atoms with Gasteiger partial charge in [-0.2, -0.15) is 0 Å². The second-order valence-corrected chi connectivity index (χ2v) is 7.64. The Bertz CT molecular complexity index is 1020. The average Bonchev–Trinajstić information content (AvgIpc) is 2.97. The molecule has 2 aromatic rings. The molecule has 3 rings (SSSR count). The number of phenols is 1. The summed E-state index contributed by atoms with van der Waals surface area (Å²) in [5.74, 6) is -1.83. The highest BCUT2D eigenvalue weighted by atomic mass is 35.5. The molecule has 1 atom stereocenters. The van der Waals surface area contributed by atoms with Gasteiger partial charge in [-0.3, -0.25) is 9.59 Å². The number of halogens is 1. The number of aliphatic hydroxyl groups is 1. The van der Waals surface area contributed by atoms with Gasteiger partial charge in [0.2, 0.25) is 0 Å². The number of phenolic OH excluding ortho intramolecular Hbond substituents is 1. The molecule has 2 N–H and O–H groups in total. The van der Waals surface area contributed by atoms with Gasteiger partial charge >= 0.3 is 0 Å². The van der Waals surface area contributed by atoms with Crippen LogP contribution in [0.4, 0.5) is 0 Å². The van der Waals surface area contributed by atoms with Crippen LogP contribution >= 0.6 is 11.6 Å². The molecule has 1 saturated heterocycles. The van der Waals surface area contributed by atoms with E-state index >= 15 is 0 Å². The number of benzene rings is 2. The first-order valence-corrected chi connectivity index (χ1v) is 9.69. The van der Waals surface area contributed by atoms with Gasteiger partial charge in [0, 0.05) is 23.7 Å². The molecule has 1 heterocycles. The molecule has 1 aliphatic rings. The number of likely N-dealkylation sites (N-methyl/N-ethyl adjacent to an activating group) is 1. The smallest absolute Gasteiger partial charge is 0.295 e. The van der Waals surface area contributed by atoms with Crippen LogP contribution in [-0.4, -0.2) is 66.0 Å². The van der Waals surface area contributed by atoms with Gasteiger partial charge in [-0.25, -0.2) is 0 Å². The Balaban J connectivity index is 2.24. The molecule has 1 fully saturated rings. The van der Waals surface area contributed by atoms with Gasteiger partial charge in [0.1, 0.15) is 17.3 Å². The van der Waals surface area contributed by atoms with Crippen LogP contribution in [0.15, 0.2) is 48.0 Å². The van der Waals surface area contributed by atoms with Crippen molar-refractivity contribution in [1.82, 2.24) is 9.80 Å². The van der Waals surface area contributed by atoms with E-state index in [0.717, 1.165) is 0 Å². The molecule has 8 heteroatoms. The number of likely N-dealkylation sites (tertiary alicyclic amines) is 1. The van der Waals surface area contributed by atoms with Crippen molar-refractivity contribution in [2.45, 2.75) is 6.04 Å². The molecule has 1 amide bonds. The Morgan fingerprint density at radius 3 is 2.57 bits per heavy atom. The van der Waals surface area contributed by atoms with E-state index in [1.807, 2.05) is 19.0 Å². The fraction of sp³-hybridized carbons (Fsp3) is 0.273. The van der Waals surface area contributed by atoms with E-state index in [0.29, 0.717) is 17.9 Å². The zero-order chi connectivity index (χ0) is 22.0.